The number of carbonyl (C=O) groups is 2. The molecule has 0 aromatic heterocycles. The van der Waals surface area contributed by atoms with E-state index in [1.165, 1.54) is 0 Å². The van der Waals surface area contributed by atoms with E-state index in [-0.39, 0.29) is 17.4 Å². The molecule has 3 amide bonds. The molecule has 5 nitrogen and oxygen atoms in total. The molecule has 1 saturated heterocycles. The lowest BCUT2D eigenvalue weighted by Crippen LogP contribution is -2.51. The molecular weight excluding hydrogens is 254 g/mol. The third-order valence-electron chi connectivity index (χ3n) is 4.51. The molecule has 5 heteroatoms. The van der Waals surface area contributed by atoms with Gasteiger partial charge in [0.15, 0.2) is 0 Å². The molecule has 1 heterocycles. The van der Waals surface area contributed by atoms with E-state index in [9.17, 15) is 9.59 Å². The van der Waals surface area contributed by atoms with E-state index >= 15 is 0 Å². The molecule has 0 spiro atoms. The summed E-state index contributed by atoms with van der Waals surface area (Å²) >= 11 is 0. The standard InChI is InChI=1S/C15H29N3O2/c1-6-12(2)11-17(5)13(19)15(3)7-9-18(10-8-15)14(20)16-4/h12H,6-11H2,1-5H3,(H,16,20). The van der Waals surface area contributed by atoms with Crippen molar-refractivity contribution in [3.63, 3.8) is 0 Å². The number of hydrogen-bond donors (Lipinski definition) is 1. The van der Waals surface area contributed by atoms with Gasteiger partial charge in [0.25, 0.3) is 0 Å². The summed E-state index contributed by atoms with van der Waals surface area (Å²) in [6.45, 7) is 8.46. The van der Waals surface area contributed by atoms with Crippen LogP contribution in [0.25, 0.3) is 0 Å². The summed E-state index contributed by atoms with van der Waals surface area (Å²) in [7, 11) is 3.53. The highest BCUT2D eigenvalue weighted by Gasteiger charge is 2.39. The van der Waals surface area contributed by atoms with Crippen LogP contribution in [0.4, 0.5) is 4.79 Å². The van der Waals surface area contributed by atoms with E-state index in [1.807, 2.05) is 18.9 Å². The zero-order valence-electron chi connectivity index (χ0n) is 13.5. The van der Waals surface area contributed by atoms with Crippen LogP contribution in [0.2, 0.25) is 0 Å². The summed E-state index contributed by atoms with van der Waals surface area (Å²) in [5, 5.41) is 2.64. The van der Waals surface area contributed by atoms with Gasteiger partial charge in [0, 0.05) is 39.1 Å². The van der Waals surface area contributed by atoms with Crippen LogP contribution in [0.5, 0.6) is 0 Å². The largest absolute Gasteiger partial charge is 0.345 e. The maximum atomic E-state index is 12.6. The number of nitrogens with zero attached hydrogens (tertiary/aromatic N) is 2. The Labute approximate surface area is 122 Å². The smallest absolute Gasteiger partial charge is 0.317 e. The van der Waals surface area contributed by atoms with Gasteiger partial charge >= 0.3 is 6.03 Å². The topological polar surface area (TPSA) is 52.7 Å². The third-order valence-corrected chi connectivity index (χ3v) is 4.51. The number of hydrogen-bond acceptors (Lipinski definition) is 2. The van der Waals surface area contributed by atoms with Gasteiger partial charge in [-0.3, -0.25) is 4.79 Å². The minimum atomic E-state index is -0.327. The van der Waals surface area contributed by atoms with E-state index in [4.69, 9.17) is 0 Å². The van der Waals surface area contributed by atoms with Crippen molar-refractivity contribution in [3.8, 4) is 0 Å². The summed E-state index contributed by atoms with van der Waals surface area (Å²) in [4.78, 5) is 27.9. The molecule has 0 radical (unpaired) electrons. The molecule has 1 fully saturated rings. The predicted octanol–water partition coefficient (Wildman–Crippen LogP) is 1.93. The van der Waals surface area contributed by atoms with Crippen LogP contribution in [0, 0.1) is 11.3 Å². The van der Waals surface area contributed by atoms with Gasteiger partial charge in [0.1, 0.15) is 0 Å². The highest BCUT2D eigenvalue weighted by Crippen LogP contribution is 2.33. The Kier molecular flexibility index (Phi) is 5.84. The fourth-order valence-electron chi connectivity index (χ4n) is 2.72. The summed E-state index contributed by atoms with van der Waals surface area (Å²) in [5.74, 6) is 0.743. The van der Waals surface area contributed by atoms with Crippen LogP contribution in [-0.4, -0.2) is 55.5 Å². The lowest BCUT2D eigenvalue weighted by molar-refractivity contribution is -0.142. The number of urea groups is 1. The number of amides is 3. The quantitative estimate of drug-likeness (QED) is 0.857. The second-order valence-corrected chi connectivity index (χ2v) is 6.30. The Morgan fingerprint density at radius 1 is 1.35 bits per heavy atom. The van der Waals surface area contributed by atoms with Crippen LogP contribution in [0.1, 0.15) is 40.0 Å². The Morgan fingerprint density at radius 2 is 1.90 bits per heavy atom. The van der Waals surface area contributed by atoms with Crippen molar-refractivity contribution < 1.29 is 9.59 Å². The third kappa shape index (κ3) is 3.87. The van der Waals surface area contributed by atoms with Gasteiger partial charge in [-0.1, -0.05) is 27.2 Å². The highest BCUT2D eigenvalue weighted by molar-refractivity contribution is 5.82. The first-order chi connectivity index (χ1) is 9.34. The molecular formula is C15H29N3O2. The second kappa shape index (κ2) is 6.95. The molecule has 1 aliphatic heterocycles. The van der Waals surface area contributed by atoms with Crippen molar-refractivity contribution >= 4 is 11.9 Å². The molecule has 1 atom stereocenters. The fraction of sp³-hybridized carbons (Fsp3) is 0.867. The first kappa shape index (κ1) is 16.8. The lowest BCUT2D eigenvalue weighted by atomic mass is 9.79. The van der Waals surface area contributed by atoms with Gasteiger partial charge in [-0.15, -0.1) is 0 Å². The van der Waals surface area contributed by atoms with Crippen molar-refractivity contribution in [1.29, 1.82) is 0 Å². The first-order valence-electron chi connectivity index (χ1n) is 7.56. The van der Waals surface area contributed by atoms with Crippen LogP contribution >= 0.6 is 0 Å². The molecule has 20 heavy (non-hydrogen) atoms. The summed E-state index contributed by atoms with van der Waals surface area (Å²) < 4.78 is 0. The van der Waals surface area contributed by atoms with Crippen LogP contribution in [-0.2, 0) is 4.79 Å². The first-order valence-corrected chi connectivity index (χ1v) is 7.56. The average Bonchev–Trinajstić information content (AvgIpc) is 2.46. The Hall–Kier alpha value is -1.26. The van der Waals surface area contributed by atoms with Gasteiger partial charge in [0.2, 0.25) is 5.91 Å². The van der Waals surface area contributed by atoms with E-state index < -0.39 is 0 Å². The minimum Gasteiger partial charge on any atom is -0.345 e. The Morgan fingerprint density at radius 3 is 2.35 bits per heavy atom. The van der Waals surface area contributed by atoms with E-state index in [0.717, 1.165) is 25.8 Å². The molecule has 0 aromatic carbocycles. The van der Waals surface area contributed by atoms with Gasteiger partial charge in [-0.2, -0.15) is 0 Å². The maximum absolute atomic E-state index is 12.6. The summed E-state index contributed by atoms with van der Waals surface area (Å²) in [5.41, 5.74) is -0.327. The maximum Gasteiger partial charge on any atom is 0.317 e. The molecule has 0 bridgehead atoms. The van der Waals surface area contributed by atoms with E-state index in [1.54, 1.807) is 11.9 Å². The molecule has 1 aliphatic rings. The molecule has 0 aliphatic carbocycles. The molecule has 1 unspecified atom stereocenters. The van der Waals surface area contributed by atoms with Gasteiger partial charge in [0.05, 0.1) is 0 Å². The van der Waals surface area contributed by atoms with Crippen LogP contribution < -0.4 is 5.32 Å². The zero-order valence-corrected chi connectivity index (χ0v) is 13.5. The number of rotatable bonds is 4. The van der Waals surface area contributed by atoms with Crippen molar-refractivity contribution in [2.45, 2.75) is 40.0 Å². The number of carbonyl (C=O) groups excluding carboxylic acids is 2. The van der Waals surface area contributed by atoms with Crippen molar-refractivity contribution in [2.75, 3.05) is 33.7 Å². The van der Waals surface area contributed by atoms with Crippen molar-refractivity contribution in [1.82, 2.24) is 15.1 Å². The number of piperidine rings is 1. The second-order valence-electron chi connectivity index (χ2n) is 6.30. The van der Waals surface area contributed by atoms with Gasteiger partial charge in [-0.25, -0.2) is 4.79 Å². The molecule has 1 rings (SSSR count). The predicted molar refractivity (Wildman–Crippen MR) is 80.5 cm³/mol. The molecule has 0 aromatic rings. The molecule has 1 N–H and O–H groups in total. The number of nitrogens with one attached hydrogen (secondary N) is 1. The zero-order chi connectivity index (χ0) is 15.3. The number of likely N-dealkylation sites (tertiary alicyclic amines) is 1. The Bertz CT molecular complexity index is 349. The molecule has 0 saturated carbocycles. The Balaban J connectivity index is 2.58. The minimum absolute atomic E-state index is 0.0486. The summed E-state index contributed by atoms with van der Waals surface area (Å²) in [6.07, 6.45) is 2.56. The average molecular weight is 283 g/mol. The van der Waals surface area contributed by atoms with Crippen molar-refractivity contribution in [2.24, 2.45) is 11.3 Å². The lowest BCUT2D eigenvalue weighted by Gasteiger charge is -2.40. The highest BCUT2D eigenvalue weighted by atomic mass is 16.2. The summed E-state index contributed by atoms with van der Waals surface area (Å²) in [6, 6.07) is -0.0486. The van der Waals surface area contributed by atoms with E-state index in [0.29, 0.717) is 19.0 Å². The monoisotopic (exact) mass is 283 g/mol. The van der Waals surface area contributed by atoms with Crippen molar-refractivity contribution in [3.05, 3.63) is 0 Å². The van der Waals surface area contributed by atoms with Gasteiger partial charge < -0.3 is 15.1 Å². The SMILES string of the molecule is CCC(C)CN(C)C(=O)C1(C)CCN(C(=O)NC)CC1. The van der Waals surface area contributed by atoms with Crippen LogP contribution in [0.15, 0.2) is 0 Å². The normalized spacial score (nSPS) is 19.4. The van der Waals surface area contributed by atoms with Gasteiger partial charge in [-0.05, 0) is 18.8 Å². The fourth-order valence-corrected chi connectivity index (χ4v) is 2.72. The molecule has 116 valence electrons. The van der Waals surface area contributed by atoms with E-state index in [2.05, 4.69) is 19.2 Å². The van der Waals surface area contributed by atoms with Crippen LogP contribution in [0.3, 0.4) is 0 Å².